The summed E-state index contributed by atoms with van der Waals surface area (Å²) in [6.45, 7) is 0.195. The molecule has 0 aliphatic heterocycles. The largest absolute Gasteiger partial charge is 0.326 e. The Morgan fingerprint density at radius 1 is 1.33 bits per heavy atom. The van der Waals surface area contributed by atoms with Gasteiger partial charge in [0.2, 0.25) is 10.0 Å². The second kappa shape index (κ2) is 6.31. The fourth-order valence-electron chi connectivity index (χ4n) is 1.72. The lowest BCUT2D eigenvalue weighted by Crippen LogP contribution is -2.27. The van der Waals surface area contributed by atoms with Crippen molar-refractivity contribution in [3.8, 4) is 0 Å². The molecule has 5 nitrogen and oxygen atoms in total. The molecule has 0 unspecified atom stereocenters. The Morgan fingerprint density at radius 2 is 2.00 bits per heavy atom. The van der Waals surface area contributed by atoms with E-state index in [9.17, 15) is 13.2 Å². The van der Waals surface area contributed by atoms with Crippen LogP contribution in [0, 0.1) is 0 Å². The van der Waals surface area contributed by atoms with Gasteiger partial charge >= 0.3 is 0 Å². The zero-order chi connectivity index (χ0) is 15.6. The van der Waals surface area contributed by atoms with Gasteiger partial charge in [0.05, 0.1) is 4.90 Å². The molecule has 0 saturated carbocycles. The smallest absolute Gasteiger partial charge is 0.266 e. The van der Waals surface area contributed by atoms with E-state index in [0.717, 1.165) is 22.3 Å². The minimum atomic E-state index is -3.74. The average molecular weight is 392 g/mol. The van der Waals surface area contributed by atoms with Crippen molar-refractivity contribution in [3.05, 3.63) is 61.9 Å². The van der Waals surface area contributed by atoms with E-state index in [-0.39, 0.29) is 16.5 Å². The van der Waals surface area contributed by atoms with Crippen LogP contribution in [0.15, 0.2) is 50.7 Å². The molecule has 0 spiro atoms. The molecule has 0 amide bonds. The molecule has 2 aromatic rings. The number of H-pyrrole nitrogens is 1. The van der Waals surface area contributed by atoms with Gasteiger partial charge in [0, 0.05) is 24.3 Å². The first-order valence-electron chi connectivity index (χ1n) is 5.90. The molecule has 1 aromatic carbocycles. The van der Waals surface area contributed by atoms with Gasteiger partial charge in [-0.05, 0) is 17.7 Å². The highest BCUT2D eigenvalue weighted by atomic mass is 79.9. The molecule has 0 saturated heterocycles. The molecule has 1 N–H and O–H groups in total. The molecule has 0 fully saturated rings. The highest BCUT2D eigenvalue weighted by Gasteiger charge is 2.22. The van der Waals surface area contributed by atoms with Crippen LogP contribution in [-0.2, 0) is 16.6 Å². The Balaban J connectivity index is 2.33. The van der Waals surface area contributed by atoms with E-state index in [1.165, 1.54) is 11.4 Å². The van der Waals surface area contributed by atoms with Crippen molar-refractivity contribution in [1.29, 1.82) is 0 Å². The summed E-state index contributed by atoms with van der Waals surface area (Å²) in [6.07, 6.45) is 1.14. The SMILES string of the molecule is CN(Cc1ccccc1Br)S(=O)(=O)c1c[nH]c(=O)c(Cl)c1. The molecule has 1 aromatic heterocycles. The van der Waals surface area contributed by atoms with E-state index in [0.29, 0.717) is 0 Å². The summed E-state index contributed by atoms with van der Waals surface area (Å²) in [7, 11) is -2.27. The Morgan fingerprint density at radius 3 is 2.62 bits per heavy atom. The number of sulfonamides is 1. The highest BCUT2D eigenvalue weighted by Crippen LogP contribution is 2.21. The van der Waals surface area contributed by atoms with E-state index in [1.54, 1.807) is 0 Å². The number of pyridine rings is 1. The zero-order valence-electron chi connectivity index (χ0n) is 11.0. The van der Waals surface area contributed by atoms with Crippen LogP contribution in [0.3, 0.4) is 0 Å². The number of nitrogens with one attached hydrogen (secondary N) is 1. The van der Waals surface area contributed by atoms with Crippen LogP contribution in [0.25, 0.3) is 0 Å². The molecule has 0 bridgehead atoms. The Kier molecular flexibility index (Phi) is 4.88. The number of aromatic nitrogens is 1. The zero-order valence-corrected chi connectivity index (χ0v) is 14.2. The van der Waals surface area contributed by atoms with Gasteiger partial charge in [-0.2, -0.15) is 4.31 Å². The average Bonchev–Trinajstić information content (AvgIpc) is 2.44. The summed E-state index contributed by atoms with van der Waals surface area (Å²) < 4.78 is 26.9. The minimum absolute atomic E-state index is 0.0540. The van der Waals surface area contributed by atoms with Crippen molar-refractivity contribution in [2.45, 2.75) is 11.4 Å². The van der Waals surface area contributed by atoms with Gasteiger partial charge < -0.3 is 4.98 Å². The summed E-state index contributed by atoms with van der Waals surface area (Å²) in [5, 5.41) is -0.162. The quantitative estimate of drug-likeness (QED) is 0.871. The number of hydrogen-bond acceptors (Lipinski definition) is 3. The summed E-state index contributed by atoms with van der Waals surface area (Å²) in [5.41, 5.74) is 0.308. The van der Waals surface area contributed by atoms with E-state index in [1.807, 2.05) is 24.3 Å². The van der Waals surface area contributed by atoms with Crippen LogP contribution in [0.2, 0.25) is 5.02 Å². The Hall–Kier alpha value is -1.15. The minimum Gasteiger partial charge on any atom is -0.326 e. The van der Waals surface area contributed by atoms with Crippen LogP contribution in [0.5, 0.6) is 0 Å². The highest BCUT2D eigenvalue weighted by molar-refractivity contribution is 9.10. The predicted octanol–water partition coefficient (Wildman–Crippen LogP) is 2.61. The molecule has 0 atom stereocenters. The fraction of sp³-hybridized carbons (Fsp3) is 0.154. The van der Waals surface area contributed by atoms with Crippen molar-refractivity contribution in [3.63, 3.8) is 0 Å². The lowest BCUT2D eigenvalue weighted by Gasteiger charge is -2.18. The number of nitrogens with zero attached hydrogens (tertiary/aromatic N) is 1. The maximum absolute atomic E-state index is 12.4. The lowest BCUT2D eigenvalue weighted by atomic mass is 10.2. The van der Waals surface area contributed by atoms with E-state index in [4.69, 9.17) is 11.6 Å². The van der Waals surface area contributed by atoms with Crippen molar-refractivity contribution in [1.82, 2.24) is 9.29 Å². The van der Waals surface area contributed by atoms with Gasteiger partial charge in [0.25, 0.3) is 5.56 Å². The van der Waals surface area contributed by atoms with Crippen LogP contribution >= 0.6 is 27.5 Å². The number of halogens is 2. The van der Waals surface area contributed by atoms with Crippen molar-refractivity contribution >= 4 is 37.6 Å². The third kappa shape index (κ3) is 3.55. The maximum Gasteiger partial charge on any atom is 0.266 e. The molecular formula is C13H12BrClN2O3S. The van der Waals surface area contributed by atoms with Gasteiger partial charge in [0.15, 0.2) is 0 Å². The van der Waals surface area contributed by atoms with Crippen LogP contribution < -0.4 is 5.56 Å². The molecule has 0 aliphatic carbocycles. The number of hydrogen-bond donors (Lipinski definition) is 1. The second-order valence-electron chi connectivity index (χ2n) is 4.36. The summed E-state index contributed by atoms with van der Waals surface area (Å²) in [4.78, 5) is 13.4. The molecule has 112 valence electrons. The third-order valence-electron chi connectivity index (χ3n) is 2.89. The van der Waals surface area contributed by atoms with E-state index < -0.39 is 15.6 Å². The summed E-state index contributed by atoms with van der Waals surface area (Å²) in [6, 6.07) is 8.50. The van der Waals surface area contributed by atoms with E-state index in [2.05, 4.69) is 20.9 Å². The third-order valence-corrected chi connectivity index (χ3v) is 5.73. The molecule has 8 heteroatoms. The first-order chi connectivity index (χ1) is 9.82. The van der Waals surface area contributed by atoms with Crippen molar-refractivity contribution in [2.24, 2.45) is 0 Å². The fourth-order valence-corrected chi connectivity index (χ4v) is 3.51. The van der Waals surface area contributed by atoms with Gasteiger partial charge in [0.1, 0.15) is 5.02 Å². The standard InChI is InChI=1S/C13H12BrClN2O3S/c1-17(8-9-4-2-3-5-11(9)14)21(19,20)10-6-12(15)13(18)16-7-10/h2-7H,8H2,1H3,(H,16,18). The van der Waals surface area contributed by atoms with Gasteiger partial charge in [-0.3, -0.25) is 4.79 Å². The second-order valence-corrected chi connectivity index (χ2v) is 7.67. The van der Waals surface area contributed by atoms with Crippen LogP contribution in [0.1, 0.15) is 5.56 Å². The maximum atomic E-state index is 12.4. The van der Waals surface area contributed by atoms with Crippen LogP contribution in [-0.4, -0.2) is 24.8 Å². The first kappa shape index (κ1) is 16.2. The number of benzene rings is 1. The van der Waals surface area contributed by atoms with Crippen molar-refractivity contribution in [2.75, 3.05) is 7.05 Å². The van der Waals surface area contributed by atoms with Gasteiger partial charge in [-0.15, -0.1) is 0 Å². The van der Waals surface area contributed by atoms with Crippen molar-refractivity contribution < 1.29 is 8.42 Å². The molecule has 1 heterocycles. The molecule has 0 aliphatic rings. The molecule has 0 radical (unpaired) electrons. The summed E-state index contributed by atoms with van der Waals surface area (Å²) >= 11 is 9.05. The molecular weight excluding hydrogens is 380 g/mol. The predicted molar refractivity (Wildman–Crippen MR) is 84.9 cm³/mol. The van der Waals surface area contributed by atoms with Crippen LogP contribution in [0.4, 0.5) is 0 Å². The normalized spacial score (nSPS) is 11.8. The first-order valence-corrected chi connectivity index (χ1v) is 8.51. The van der Waals surface area contributed by atoms with Gasteiger partial charge in [-0.25, -0.2) is 8.42 Å². The van der Waals surface area contributed by atoms with E-state index >= 15 is 0 Å². The summed E-state index contributed by atoms with van der Waals surface area (Å²) in [5.74, 6) is 0. The Bertz CT molecular complexity index is 820. The molecule has 2 rings (SSSR count). The Labute approximate surface area is 135 Å². The monoisotopic (exact) mass is 390 g/mol. The molecule has 21 heavy (non-hydrogen) atoms. The number of rotatable bonds is 4. The lowest BCUT2D eigenvalue weighted by molar-refractivity contribution is 0.466. The number of aromatic amines is 1. The van der Waals surface area contributed by atoms with Gasteiger partial charge in [-0.1, -0.05) is 45.7 Å². The topological polar surface area (TPSA) is 70.2 Å².